The highest BCUT2D eigenvalue weighted by molar-refractivity contribution is 5.79. The van der Waals surface area contributed by atoms with Gasteiger partial charge in [0.2, 0.25) is 0 Å². The average molecular weight is 245 g/mol. The molecule has 3 heteroatoms. The van der Waals surface area contributed by atoms with Crippen molar-refractivity contribution in [2.45, 2.75) is 33.2 Å². The van der Waals surface area contributed by atoms with Crippen LogP contribution in [-0.4, -0.2) is 19.0 Å². The zero-order valence-electron chi connectivity index (χ0n) is 11.4. The highest BCUT2D eigenvalue weighted by atomic mass is 15.2. The van der Waals surface area contributed by atoms with Crippen molar-refractivity contribution in [1.82, 2.24) is 10.6 Å². The molecule has 1 aliphatic rings. The smallest absolute Gasteiger partial charge is 0.191 e. The van der Waals surface area contributed by atoms with Crippen molar-refractivity contribution in [2.24, 2.45) is 10.9 Å². The Hall–Kier alpha value is -1.51. The molecular weight excluding hydrogens is 222 g/mol. The fraction of sp³-hybridized carbons (Fsp3) is 0.533. The molecule has 0 bridgehead atoms. The Morgan fingerprint density at radius 2 is 2.06 bits per heavy atom. The first-order chi connectivity index (χ1) is 8.79. The molecule has 1 saturated carbocycles. The third-order valence-corrected chi connectivity index (χ3v) is 3.27. The Morgan fingerprint density at radius 1 is 1.28 bits per heavy atom. The lowest BCUT2D eigenvalue weighted by atomic mass is 10.1. The highest BCUT2D eigenvalue weighted by Crippen LogP contribution is 2.27. The first-order valence-corrected chi connectivity index (χ1v) is 6.86. The molecule has 1 aliphatic carbocycles. The van der Waals surface area contributed by atoms with Gasteiger partial charge in [0.25, 0.3) is 0 Å². The third-order valence-electron chi connectivity index (χ3n) is 3.27. The molecule has 0 atom stereocenters. The minimum absolute atomic E-state index is 0.743. The average Bonchev–Trinajstić information content (AvgIpc) is 3.18. The van der Waals surface area contributed by atoms with Crippen LogP contribution in [0.15, 0.2) is 29.3 Å². The van der Waals surface area contributed by atoms with Gasteiger partial charge in [-0.15, -0.1) is 0 Å². The Morgan fingerprint density at radius 3 is 2.72 bits per heavy atom. The minimum atomic E-state index is 0.743. The van der Waals surface area contributed by atoms with E-state index in [1.165, 1.54) is 24.0 Å². The Kier molecular flexibility index (Phi) is 4.62. The van der Waals surface area contributed by atoms with Crippen molar-refractivity contribution in [3.8, 4) is 0 Å². The number of benzene rings is 1. The lowest BCUT2D eigenvalue weighted by Crippen LogP contribution is -2.38. The summed E-state index contributed by atoms with van der Waals surface area (Å²) < 4.78 is 0. The van der Waals surface area contributed by atoms with Gasteiger partial charge >= 0.3 is 0 Å². The van der Waals surface area contributed by atoms with Crippen LogP contribution in [0.25, 0.3) is 0 Å². The van der Waals surface area contributed by atoms with Crippen LogP contribution in [0, 0.1) is 12.8 Å². The highest BCUT2D eigenvalue weighted by Gasteiger charge is 2.20. The zero-order valence-corrected chi connectivity index (χ0v) is 11.4. The predicted octanol–water partition coefficient (Wildman–Crippen LogP) is 2.46. The van der Waals surface area contributed by atoms with Crippen LogP contribution in [0.4, 0.5) is 0 Å². The van der Waals surface area contributed by atoms with E-state index in [9.17, 15) is 0 Å². The maximum atomic E-state index is 4.64. The van der Waals surface area contributed by atoms with E-state index in [0.717, 1.165) is 31.5 Å². The zero-order chi connectivity index (χ0) is 12.8. The summed E-state index contributed by atoms with van der Waals surface area (Å²) in [4.78, 5) is 4.64. The van der Waals surface area contributed by atoms with Crippen LogP contribution >= 0.6 is 0 Å². The Balaban J connectivity index is 1.91. The molecule has 0 aromatic heterocycles. The maximum absolute atomic E-state index is 4.64. The van der Waals surface area contributed by atoms with Crippen molar-refractivity contribution in [1.29, 1.82) is 0 Å². The summed E-state index contributed by atoms with van der Waals surface area (Å²) in [5.74, 6) is 1.81. The molecule has 0 amide bonds. The molecule has 0 radical (unpaired) electrons. The van der Waals surface area contributed by atoms with Gasteiger partial charge in [-0.2, -0.15) is 0 Å². The van der Waals surface area contributed by atoms with E-state index < -0.39 is 0 Å². The number of guanidine groups is 1. The molecule has 0 spiro atoms. The quantitative estimate of drug-likeness (QED) is 0.617. The van der Waals surface area contributed by atoms with Gasteiger partial charge in [-0.3, -0.25) is 0 Å². The monoisotopic (exact) mass is 245 g/mol. The molecular formula is C15H23N3. The van der Waals surface area contributed by atoms with Gasteiger partial charge < -0.3 is 10.6 Å². The second-order valence-corrected chi connectivity index (χ2v) is 4.95. The molecule has 2 rings (SSSR count). The van der Waals surface area contributed by atoms with Gasteiger partial charge in [0.1, 0.15) is 0 Å². The van der Waals surface area contributed by atoms with Crippen LogP contribution in [0.5, 0.6) is 0 Å². The molecule has 1 aromatic rings. The van der Waals surface area contributed by atoms with Crippen molar-refractivity contribution >= 4 is 5.96 Å². The molecule has 0 heterocycles. The van der Waals surface area contributed by atoms with E-state index in [4.69, 9.17) is 0 Å². The third kappa shape index (κ3) is 4.06. The maximum Gasteiger partial charge on any atom is 0.191 e. The number of rotatable bonds is 5. The number of nitrogens with one attached hydrogen (secondary N) is 2. The second-order valence-electron chi connectivity index (χ2n) is 4.95. The summed E-state index contributed by atoms with van der Waals surface area (Å²) in [6, 6.07) is 8.42. The molecule has 3 nitrogen and oxygen atoms in total. The van der Waals surface area contributed by atoms with E-state index in [1.54, 1.807) is 0 Å². The van der Waals surface area contributed by atoms with Gasteiger partial charge in [0.15, 0.2) is 5.96 Å². The molecule has 2 N–H and O–H groups in total. The fourth-order valence-corrected chi connectivity index (χ4v) is 1.86. The fourth-order valence-electron chi connectivity index (χ4n) is 1.86. The summed E-state index contributed by atoms with van der Waals surface area (Å²) in [6.45, 7) is 6.94. The molecule has 0 saturated heterocycles. The van der Waals surface area contributed by atoms with E-state index in [2.05, 4.69) is 53.7 Å². The molecule has 0 unspecified atom stereocenters. The topological polar surface area (TPSA) is 36.4 Å². The lowest BCUT2D eigenvalue weighted by Gasteiger charge is -2.11. The first kappa shape index (κ1) is 12.9. The minimum Gasteiger partial charge on any atom is -0.357 e. The number of hydrogen-bond acceptors (Lipinski definition) is 1. The lowest BCUT2D eigenvalue weighted by molar-refractivity contribution is 0.739. The summed E-state index contributed by atoms with van der Waals surface area (Å²) in [5, 5.41) is 6.71. The number of hydrogen-bond donors (Lipinski definition) is 2. The summed E-state index contributed by atoms with van der Waals surface area (Å²) in [6.07, 6.45) is 2.73. The van der Waals surface area contributed by atoms with Crippen LogP contribution in [-0.2, 0) is 6.54 Å². The Bertz CT molecular complexity index is 408. The number of aliphatic imine (C=N–C) groups is 1. The van der Waals surface area contributed by atoms with Crippen molar-refractivity contribution in [2.75, 3.05) is 13.1 Å². The molecule has 1 fully saturated rings. The van der Waals surface area contributed by atoms with Gasteiger partial charge in [-0.25, -0.2) is 4.99 Å². The van der Waals surface area contributed by atoms with E-state index in [1.807, 2.05) is 0 Å². The Labute approximate surface area is 110 Å². The molecule has 1 aromatic carbocycles. The summed E-state index contributed by atoms with van der Waals surface area (Å²) >= 11 is 0. The van der Waals surface area contributed by atoms with Gasteiger partial charge in [0, 0.05) is 13.1 Å². The standard InChI is InChI=1S/C15H23N3/c1-3-16-15(17-10-13-8-9-13)18-11-14-7-5-4-6-12(14)2/h4-7,13H,3,8-11H2,1-2H3,(H2,16,17,18). The normalized spacial score (nSPS) is 15.6. The summed E-state index contributed by atoms with van der Waals surface area (Å²) in [7, 11) is 0. The van der Waals surface area contributed by atoms with Crippen LogP contribution in [0.2, 0.25) is 0 Å². The van der Waals surface area contributed by atoms with Crippen molar-refractivity contribution in [3.05, 3.63) is 35.4 Å². The predicted molar refractivity (Wildman–Crippen MR) is 76.7 cm³/mol. The van der Waals surface area contributed by atoms with Crippen LogP contribution in [0.3, 0.4) is 0 Å². The first-order valence-electron chi connectivity index (χ1n) is 6.86. The van der Waals surface area contributed by atoms with E-state index in [0.29, 0.717) is 0 Å². The molecule has 0 aliphatic heterocycles. The van der Waals surface area contributed by atoms with E-state index in [-0.39, 0.29) is 0 Å². The SMILES string of the molecule is CCNC(=NCc1ccccc1C)NCC1CC1. The summed E-state index contributed by atoms with van der Waals surface area (Å²) in [5.41, 5.74) is 2.60. The van der Waals surface area contributed by atoms with Gasteiger partial charge in [-0.1, -0.05) is 24.3 Å². The van der Waals surface area contributed by atoms with Crippen LogP contribution < -0.4 is 10.6 Å². The van der Waals surface area contributed by atoms with Gasteiger partial charge in [0.05, 0.1) is 6.54 Å². The van der Waals surface area contributed by atoms with Crippen molar-refractivity contribution in [3.63, 3.8) is 0 Å². The molecule has 18 heavy (non-hydrogen) atoms. The van der Waals surface area contributed by atoms with E-state index >= 15 is 0 Å². The number of nitrogens with zero attached hydrogens (tertiary/aromatic N) is 1. The van der Waals surface area contributed by atoms with Gasteiger partial charge in [-0.05, 0) is 43.7 Å². The molecule has 98 valence electrons. The van der Waals surface area contributed by atoms with Crippen molar-refractivity contribution < 1.29 is 0 Å². The number of aryl methyl sites for hydroxylation is 1. The largest absolute Gasteiger partial charge is 0.357 e. The second kappa shape index (κ2) is 6.43. The van der Waals surface area contributed by atoms with Crippen LogP contribution in [0.1, 0.15) is 30.9 Å².